The number of aliphatic hydroxyl groups excluding tert-OH is 1. The second kappa shape index (κ2) is 6.62. The van der Waals surface area contributed by atoms with Crippen LogP contribution in [0, 0.1) is 5.92 Å². The molecule has 118 valence electrons. The Bertz CT molecular complexity index is 512. The number of pyridine rings is 1. The van der Waals surface area contributed by atoms with Crippen LogP contribution in [0.5, 0.6) is 0 Å². The van der Waals surface area contributed by atoms with E-state index in [0.29, 0.717) is 16.3 Å². The van der Waals surface area contributed by atoms with E-state index in [-0.39, 0.29) is 12.5 Å². The van der Waals surface area contributed by atoms with Gasteiger partial charge < -0.3 is 10.2 Å². The van der Waals surface area contributed by atoms with Crippen LogP contribution in [0.15, 0.2) is 12.3 Å². The van der Waals surface area contributed by atoms with Crippen molar-refractivity contribution < 1.29 is 15.0 Å². The lowest BCUT2D eigenvalue weighted by Gasteiger charge is -2.41. The van der Waals surface area contributed by atoms with Crippen molar-refractivity contribution in [1.29, 1.82) is 0 Å². The third-order valence-corrected chi connectivity index (χ3v) is 3.46. The van der Waals surface area contributed by atoms with Crippen LogP contribution in [0.3, 0.4) is 0 Å². The molecule has 1 aromatic rings. The number of carbonyl (C=O) groups is 1. The summed E-state index contributed by atoms with van der Waals surface area (Å²) in [7, 11) is 0. The Morgan fingerprint density at radius 1 is 1.43 bits per heavy atom. The summed E-state index contributed by atoms with van der Waals surface area (Å²) in [5, 5.41) is 19.6. The average molecular weight is 315 g/mol. The van der Waals surface area contributed by atoms with Crippen LogP contribution in [0.1, 0.15) is 51.9 Å². The molecule has 21 heavy (non-hydrogen) atoms. The molecule has 1 heterocycles. The third kappa shape index (κ3) is 4.08. The number of amides is 1. The van der Waals surface area contributed by atoms with Gasteiger partial charge in [-0.05, 0) is 32.8 Å². The highest BCUT2D eigenvalue weighted by molar-refractivity contribution is 6.30. The number of carboxylic acid groups (broad SMARTS) is 1. The SMILES string of the molecule is CC(C)[C@@H](c1ncc(Cl)cc1CO)N(C(=O)O)C(C)(C)C. The summed E-state index contributed by atoms with van der Waals surface area (Å²) in [6.07, 6.45) is 0.468. The summed E-state index contributed by atoms with van der Waals surface area (Å²) >= 11 is 5.91. The van der Waals surface area contributed by atoms with Crippen LogP contribution in [0.25, 0.3) is 0 Å². The van der Waals surface area contributed by atoms with Crippen molar-refractivity contribution in [3.63, 3.8) is 0 Å². The molecule has 1 amide bonds. The van der Waals surface area contributed by atoms with E-state index in [1.165, 1.54) is 11.1 Å². The van der Waals surface area contributed by atoms with Gasteiger partial charge in [0, 0.05) is 17.3 Å². The van der Waals surface area contributed by atoms with E-state index < -0.39 is 17.7 Å². The summed E-state index contributed by atoms with van der Waals surface area (Å²) in [5.41, 5.74) is 0.514. The predicted octanol–water partition coefficient (Wildman–Crippen LogP) is 3.70. The fourth-order valence-electron chi connectivity index (χ4n) is 2.44. The normalized spacial score (nSPS) is 13.3. The second-order valence-corrected chi connectivity index (χ2v) is 6.80. The molecule has 0 bridgehead atoms. The highest BCUT2D eigenvalue weighted by Gasteiger charge is 2.37. The van der Waals surface area contributed by atoms with Gasteiger partial charge in [0.25, 0.3) is 0 Å². The lowest BCUT2D eigenvalue weighted by molar-refractivity contribution is 0.0510. The molecule has 0 aliphatic carbocycles. The smallest absolute Gasteiger partial charge is 0.408 e. The zero-order chi connectivity index (χ0) is 16.4. The largest absolute Gasteiger partial charge is 0.465 e. The number of hydrogen-bond acceptors (Lipinski definition) is 3. The maximum atomic E-state index is 11.7. The topological polar surface area (TPSA) is 73.7 Å². The van der Waals surface area contributed by atoms with Gasteiger partial charge in [-0.3, -0.25) is 9.88 Å². The Morgan fingerprint density at radius 3 is 2.38 bits per heavy atom. The van der Waals surface area contributed by atoms with Crippen molar-refractivity contribution in [3.05, 3.63) is 28.5 Å². The maximum Gasteiger partial charge on any atom is 0.408 e. The van der Waals surface area contributed by atoms with Gasteiger partial charge in [0.05, 0.1) is 23.4 Å². The summed E-state index contributed by atoms with van der Waals surface area (Å²) in [4.78, 5) is 17.4. The summed E-state index contributed by atoms with van der Waals surface area (Å²) in [6, 6.07) is 1.17. The molecule has 5 nitrogen and oxygen atoms in total. The van der Waals surface area contributed by atoms with Crippen molar-refractivity contribution in [2.24, 2.45) is 5.92 Å². The molecule has 0 aliphatic rings. The van der Waals surface area contributed by atoms with Gasteiger partial charge in [0.1, 0.15) is 0 Å². The van der Waals surface area contributed by atoms with Crippen molar-refractivity contribution in [1.82, 2.24) is 9.88 Å². The Kier molecular flexibility index (Phi) is 5.59. The number of rotatable bonds is 4. The molecule has 1 aromatic heterocycles. The minimum atomic E-state index is -1.01. The second-order valence-electron chi connectivity index (χ2n) is 6.37. The number of aliphatic hydroxyl groups is 1. The standard InChI is InChI=1S/C15H23ClN2O3/c1-9(2)13(18(14(20)21)15(3,4)5)12-10(8-19)6-11(16)7-17-12/h6-7,9,13,19H,8H2,1-5H3,(H,20,21)/t13-/m0/s1. The number of nitrogens with zero attached hydrogens (tertiary/aromatic N) is 2. The Hall–Kier alpha value is -1.33. The van der Waals surface area contributed by atoms with Crippen LogP contribution in [-0.2, 0) is 6.61 Å². The highest BCUT2D eigenvalue weighted by atomic mass is 35.5. The lowest BCUT2D eigenvalue weighted by Crippen LogP contribution is -2.49. The van der Waals surface area contributed by atoms with Crippen molar-refractivity contribution in [2.45, 2.75) is 52.8 Å². The first-order valence-electron chi connectivity index (χ1n) is 6.87. The van der Waals surface area contributed by atoms with Gasteiger partial charge in [0.2, 0.25) is 0 Å². The molecule has 0 aromatic carbocycles. The molecule has 0 unspecified atom stereocenters. The lowest BCUT2D eigenvalue weighted by atomic mass is 9.91. The van der Waals surface area contributed by atoms with Crippen LogP contribution < -0.4 is 0 Å². The molecule has 0 radical (unpaired) electrons. The number of halogens is 1. The zero-order valence-corrected chi connectivity index (χ0v) is 13.8. The molecule has 0 spiro atoms. The van der Waals surface area contributed by atoms with Gasteiger partial charge in [-0.2, -0.15) is 0 Å². The highest BCUT2D eigenvalue weighted by Crippen LogP contribution is 2.35. The molecule has 6 heteroatoms. The average Bonchev–Trinajstić information content (AvgIpc) is 2.33. The van der Waals surface area contributed by atoms with Gasteiger partial charge in [-0.15, -0.1) is 0 Å². The molecule has 0 saturated carbocycles. The summed E-state index contributed by atoms with van der Waals surface area (Å²) in [5.74, 6) is -0.000648. The minimum absolute atomic E-state index is 0.000648. The zero-order valence-electron chi connectivity index (χ0n) is 13.1. The van der Waals surface area contributed by atoms with Crippen LogP contribution >= 0.6 is 11.6 Å². The van der Waals surface area contributed by atoms with Crippen LogP contribution in [0.4, 0.5) is 4.79 Å². The van der Waals surface area contributed by atoms with Gasteiger partial charge >= 0.3 is 6.09 Å². The minimum Gasteiger partial charge on any atom is -0.465 e. The molecule has 2 N–H and O–H groups in total. The van der Waals surface area contributed by atoms with Gasteiger partial charge in [-0.25, -0.2) is 4.79 Å². The molecule has 1 rings (SSSR count). The number of hydrogen-bond donors (Lipinski definition) is 2. The van der Waals surface area contributed by atoms with E-state index in [0.717, 1.165) is 0 Å². The number of aromatic nitrogens is 1. The monoisotopic (exact) mass is 314 g/mol. The van der Waals surface area contributed by atoms with Crippen molar-refractivity contribution >= 4 is 17.7 Å². The van der Waals surface area contributed by atoms with Crippen LogP contribution in [-0.4, -0.2) is 31.7 Å². The van der Waals surface area contributed by atoms with Crippen LogP contribution in [0.2, 0.25) is 5.02 Å². The molecule has 1 atom stereocenters. The summed E-state index contributed by atoms with van der Waals surface area (Å²) in [6.45, 7) is 9.15. The van der Waals surface area contributed by atoms with E-state index >= 15 is 0 Å². The Morgan fingerprint density at radius 2 is 2.00 bits per heavy atom. The molecule has 0 saturated heterocycles. The van der Waals surface area contributed by atoms with E-state index in [1.54, 1.807) is 6.07 Å². The Balaban J connectivity index is 3.45. The van der Waals surface area contributed by atoms with E-state index in [9.17, 15) is 15.0 Å². The van der Waals surface area contributed by atoms with Gasteiger partial charge in [0.15, 0.2) is 0 Å². The molecule has 0 fully saturated rings. The van der Waals surface area contributed by atoms with Crippen molar-refractivity contribution in [2.75, 3.05) is 0 Å². The van der Waals surface area contributed by atoms with E-state index in [1.807, 2.05) is 34.6 Å². The first-order valence-corrected chi connectivity index (χ1v) is 7.24. The van der Waals surface area contributed by atoms with Gasteiger partial charge in [-0.1, -0.05) is 25.4 Å². The van der Waals surface area contributed by atoms with E-state index in [4.69, 9.17) is 11.6 Å². The van der Waals surface area contributed by atoms with E-state index in [2.05, 4.69) is 4.98 Å². The molecular weight excluding hydrogens is 292 g/mol. The predicted molar refractivity (Wildman–Crippen MR) is 82.4 cm³/mol. The third-order valence-electron chi connectivity index (χ3n) is 3.26. The molecule has 0 aliphatic heterocycles. The molecular formula is C15H23ClN2O3. The Labute approximate surface area is 130 Å². The maximum absolute atomic E-state index is 11.7. The first kappa shape index (κ1) is 17.7. The quantitative estimate of drug-likeness (QED) is 0.888. The fourth-order valence-corrected chi connectivity index (χ4v) is 2.62. The fraction of sp³-hybridized carbons (Fsp3) is 0.600. The van der Waals surface area contributed by atoms with Crippen molar-refractivity contribution in [3.8, 4) is 0 Å². The summed E-state index contributed by atoms with van der Waals surface area (Å²) < 4.78 is 0. The first-order chi connectivity index (χ1) is 9.59.